The lowest BCUT2D eigenvalue weighted by Gasteiger charge is -2.13. The maximum Gasteiger partial charge on any atom is 0.119 e. The van der Waals surface area contributed by atoms with Gasteiger partial charge in [0.25, 0.3) is 0 Å². The minimum absolute atomic E-state index is 0.338. The lowest BCUT2D eigenvalue weighted by atomic mass is 10.1. The zero-order chi connectivity index (χ0) is 16.4. The van der Waals surface area contributed by atoms with E-state index in [1.165, 1.54) is 16.7 Å². The Kier molecular flexibility index (Phi) is 4.09. The molecule has 1 aliphatic carbocycles. The molecule has 1 atom stereocenters. The Morgan fingerprint density at radius 1 is 1.00 bits per heavy atom. The molecule has 0 aliphatic heterocycles. The van der Waals surface area contributed by atoms with Crippen LogP contribution in [0.5, 0.6) is 5.75 Å². The largest absolute Gasteiger partial charge is 0.508 e. The first-order chi connectivity index (χ1) is 11.8. The van der Waals surface area contributed by atoms with Gasteiger partial charge in [0.05, 0.1) is 0 Å². The number of benzene rings is 2. The van der Waals surface area contributed by atoms with E-state index in [0.717, 1.165) is 31.5 Å². The third-order valence-corrected chi connectivity index (χ3v) is 4.82. The molecule has 1 unspecified atom stereocenters. The molecule has 0 saturated carbocycles. The molecule has 0 radical (unpaired) electrons. The number of fused-ring (bicyclic) bond motifs is 1. The molecule has 0 amide bonds. The minimum Gasteiger partial charge on any atom is -0.508 e. The lowest BCUT2D eigenvalue weighted by molar-refractivity contribution is 0.469. The van der Waals surface area contributed by atoms with E-state index in [4.69, 9.17) is 0 Å². The number of aromatic nitrogens is 1. The molecule has 3 aromatic rings. The van der Waals surface area contributed by atoms with E-state index in [0.29, 0.717) is 11.8 Å². The van der Waals surface area contributed by atoms with Crippen LogP contribution in [0, 0.1) is 0 Å². The van der Waals surface area contributed by atoms with Gasteiger partial charge in [-0.15, -0.1) is 0 Å². The Bertz CT molecular complexity index is 823. The van der Waals surface area contributed by atoms with Gasteiger partial charge >= 0.3 is 0 Å². The summed E-state index contributed by atoms with van der Waals surface area (Å²) < 4.78 is 2.22. The molecular formula is C21H22N2O. The highest BCUT2D eigenvalue weighted by molar-refractivity contribution is 5.44. The van der Waals surface area contributed by atoms with Crippen molar-refractivity contribution in [2.24, 2.45) is 0 Å². The van der Waals surface area contributed by atoms with Gasteiger partial charge in [0, 0.05) is 31.5 Å². The molecule has 1 aromatic heterocycles. The SMILES string of the molecule is Oc1cccc2c1CCC2NCc1ccn(Cc2ccccc2)c1. The number of nitrogens with zero attached hydrogens (tertiary/aromatic N) is 1. The zero-order valence-electron chi connectivity index (χ0n) is 13.7. The quantitative estimate of drug-likeness (QED) is 0.745. The lowest BCUT2D eigenvalue weighted by Crippen LogP contribution is -2.18. The van der Waals surface area contributed by atoms with Crippen LogP contribution in [-0.4, -0.2) is 9.67 Å². The molecule has 1 aliphatic rings. The molecule has 24 heavy (non-hydrogen) atoms. The van der Waals surface area contributed by atoms with Crippen molar-refractivity contribution in [2.75, 3.05) is 0 Å². The van der Waals surface area contributed by atoms with Gasteiger partial charge in [0.2, 0.25) is 0 Å². The van der Waals surface area contributed by atoms with Crippen LogP contribution in [0.3, 0.4) is 0 Å². The molecule has 2 aromatic carbocycles. The van der Waals surface area contributed by atoms with Gasteiger partial charge in [-0.1, -0.05) is 42.5 Å². The van der Waals surface area contributed by atoms with Crippen molar-refractivity contribution in [3.63, 3.8) is 0 Å². The smallest absolute Gasteiger partial charge is 0.119 e. The van der Waals surface area contributed by atoms with Crippen LogP contribution in [0.15, 0.2) is 67.0 Å². The molecule has 3 heteroatoms. The van der Waals surface area contributed by atoms with Crippen LogP contribution in [0.25, 0.3) is 0 Å². The third kappa shape index (κ3) is 3.08. The second-order valence-corrected chi connectivity index (χ2v) is 6.49. The number of hydrogen-bond donors (Lipinski definition) is 2. The fraction of sp³-hybridized carbons (Fsp3) is 0.238. The fourth-order valence-corrected chi connectivity index (χ4v) is 3.58. The number of hydrogen-bond acceptors (Lipinski definition) is 2. The number of phenolic OH excluding ortho intramolecular Hbond substituents is 1. The number of rotatable bonds is 5. The van der Waals surface area contributed by atoms with Crippen LogP contribution in [0.4, 0.5) is 0 Å². The van der Waals surface area contributed by atoms with Crippen molar-refractivity contribution in [2.45, 2.75) is 32.0 Å². The predicted molar refractivity (Wildman–Crippen MR) is 96.0 cm³/mol. The zero-order valence-corrected chi connectivity index (χ0v) is 13.7. The van der Waals surface area contributed by atoms with Crippen LogP contribution >= 0.6 is 0 Å². The predicted octanol–water partition coefficient (Wildman–Crippen LogP) is 4.02. The molecule has 0 saturated heterocycles. The Hall–Kier alpha value is -2.52. The van der Waals surface area contributed by atoms with E-state index in [1.54, 1.807) is 6.07 Å². The summed E-state index contributed by atoms with van der Waals surface area (Å²) in [5, 5.41) is 13.6. The summed E-state index contributed by atoms with van der Waals surface area (Å²) in [4.78, 5) is 0. The van der Waals surface area contributed by atoms with Gasteiger partial charge in [0.1, 0.15) is 5.75 Å². The highest BCUT2D eigenvalue weighted by Crippen LogP contribution is 2.36. The van der Waals surface area contributed by atoms with E-state index < -0.39 is 0 Å². The topological polar surface area (TPSA) is 37.2 Å². The van der Waals surface area contributed by atoms with Crippen LogP contribution in [-0.2, 0) is 19.5 Å². The van der Waals surface area contributed by atoms with E-state index >= 15 is 0 Å². The standard InChI is InChI=1S/C21H22N2O/c24-21-8-4-7-18-19(21)9-10-20(18)22-13-17-11-12-23(15-17)14-16-5-2-1-3-6-16/h1-8,11-12,15,20,22,24H,9-10,13-14H2. The van der Waals surface area contributed by atoms with Gasteiger partial charge < -0.3 is 15.0 Å². The third-order valence-electron chi connectivity index (χ3n) is 4.82. The summed E-state index contributed by atoms with van der Waals surface area (Å²) in [7, 11) is 0. The summed E-state index contributed by atoms with van der Waals surface area (Å²) in [5.41, 5.74) is 4.96. The van der Waals surface area contributed by atoms with Crippen LogP contribution in [0.2, 0.25) is 0 Å². The first-order valence-corrected chi connectivity index (χ1v) is 8.52. The van der Waals surface area contributed by atoms with E-state index in [1.807, 2.05) is 12.1 Å². The fourth-order valence-electron chi connectivity index (χ4n) is 3.58. The van der Waals surface area contributed by atoms with Crippen molar-refractivity contribution in [3.8, 4) is 5.75 Å². The normalized spacial score (nSPS) is 16.2. The van der Waals surface area contributed by atoms with Crippen molar-refractivity contribution in [1.82, 2.24) is 9.88 Å². The Morgan fingerprint density at radius 3 is 2.75 bits per heavy atom. The maximum absolute atomic E-state index is 9.95. The number of aromatic hydroxyl groups is 1. The van der Waals surface area contributed by atoms with E-state index in [2.05, 4.69) is 58.7 Å². The Morgan fingerprint density at radius 2 is 1.88 bits per heavy atom. The molecule has 0 fully saturated rings. The van der Waals surface area contributed by atoms with Crippen LogP contribution in [0.1, 0.15) is 34.7 Å². The van der Waals surface area contributed by atoms with Gasteiger partial charge in [-0.3, -0.25) is 0 Å². The van der Waals surface area contributed by atoms with Crippen molar-refractivity contribution in [3.05, 3.63) is 89.2 Å². The maximum atomic E-state index is 9.95. The molecule has 0 bridgehead atoms. The average Bonchev–Trinajstić information content (AvgIpc) is 3.21. The van der Waals surface area contributed by atoms with Crippen molar-refractivity contribution < 1.29 is 5.11 Å². The summed E-state index contributed by atoms with van der Waals surface area (Å²) >= 11 is 0. The Balaban J connectivity index is 1.39. The van der Waals surface area contributed by atoms with Crippen LogP contribution < -0.4 is 5.32 Å². The monoisotopic (exact) mass is 318 g/mol. The van der Waals surface area contributed by atoms with Gasteiger partial charge in [-0.25, -0.2) is 0 Å². The molecular weight excluding hydrogens is 296 g/mol. The minimum atomic E-state index is 0.338. The first-order valence-electron chi connectivity index (χ1n) is 8.52. The van der Waals surface area contributed by atoms with Gasteiger partial charge in [-0.2, -0.15) is 0 Å². The summed E-state index contributed by atoms with van der Waals surface area (Å²) in [6.07, 6.45) is 6.35. The molecule has 2 N–H and O–H groups in total. The van der Waals surface area contributed by atoms with Crippen molar-refractivity contribution in [1.29, 1.82) is 0 Å². The van der Waals surface area contributed by atoms with Crippen molar-refractivity contribution >= 4 is 0 Å². The first kappa shape index (κ1) is 15.0. The average molecular weight is 318 g/mol. The Labute approximate surface area is 142 Å². The molecule has 1 heterocycles. The highest BCUT2D eigenvalue weighted by Gasteiger charge is 2.23. The number of nitrogens with one attached hydrogen (secondary N) is 1. The highest BCUT2D eigenvalue weighted by atomic mass is 16.3. The molecule has 0 spiro atoms. The van der Waals surface area contributed by atoms with E-state index in [-0.39, 0.29) is 0 Å². The summed E-state index contributed by atoms with van der Waals surface area (Å²) in [6, 6.07) is 18.9. The van der Waals surface area contributed by atoms with E-state index in [9.17, 15) is 5.11 Å². The van der Waals surface area contributed by atoms with Gasteiger partial charge in [0.15, 0.2) is 0 Å². The summed E-state index contributed by atoms with van der Waals surface area (Å²) in [6.45, 7) is 1.75. The summed E-state index contributed by atoms with van der Waals surface area (Å²) in [5.74, 6) is 0.436. The van der Waals surface area contributed by atoms with Gasteiger partial charge in [-0.05, 0) is 47.2 Å². The molecule has 122 valence electrons. The second kappa shape index (κ2) is 6.54. The number of phenols is 1. The molecule has 3 nitrogen and oxygen atoms in total. The second-order valence-electron chi connectivity index (χ2n) is 6.49. The molecule has 4 rings (SSSR count).